The molecule has 0 atom stereocenters. The van der Waals surface area contributed by atoms with Gasteiger partial charge in [0.25, 0.3) is 10.0 Å². The number of ketones is 1. The molecule has 4 aromatic rings. The molecule has 3 aromatic heterocycles. The molecular weight excluding hydrogens is 430 g/mol. The fraction of sp³-hybridized carbons (Fsp3) is 0.0526. The van der Waals surface area contributed by atoms with Gasteiger partial charge in [0.15, 0.2) is 5.82 Å². The second-order valence-electron chi connectivity index (χ2n) is 6.47. The van der Waals surface area contributed by atoms with E-state index in [0.29, 0.717) is 0 Å². The molecule has 0 bridgehead atoms. The highest BCUT2D eigenvalue weighted by Gasteiger charge is 2.26. The number of benzene rings is 1. The number of nitrogens with one attached hydrogen (secondary N) is 2. The van der Waals surface area contributed by atoms with Gasteiger partial charge in [-0.2, -0.15) is 5.10 Å². The molecule has 12 heteroatoms. The van der Waals surface area contributed by atoms with Gasteiger partial charge in [0.1, 0.15) is 16.4 Å². The van der Waals surface area contributed by atoms with Gasteiger partial charge < -0.3 is 4.98 Å². The van der Waals surface area contributed by atoms with Crippen molar-refractivity contribution < 1.29 is 22.0 Å². The van der Waals surface area contributed by atoms with E-state index in [1.54, 1.807) is 0 Å². The second-order valence-corrected chi connectivity index (χ2v) is 8.15. The van der Waals surface area contributed by atoms with Crippen LogP contribution < -0.4 is 4.72 Å². The number of hydrogen-bond acceptors (Lipinski definition) is 5. The number of fused-ring (bicyclic) bond motifs is 1. The van der Waals surface area contributed by atoms with Gasteiger partial charge >= 0.3 is 0 Å². The van der Waals surface area contributed by atoms with Crippen molar-refractivity contribution in [3.8, 4) is 0 Å². The molecular formula is C19H12F2N6O3S. The van der Waals surface area contributed by atoms with E-state index in [1.165, 1.54) is 36.4 Å². The largest absolute Gasteiger partial charge is 0.345 e. The Morgan fingerprint density at radius 3 is 2.74 bits per heavy atom. The predicted molar refractivity (Wildman–Crippen MR) is 106 cm³/mol. The van der Waals surface area contributed by atoms with Crippen molar-refractivity contribution in [2.45, 2.75) is 4.90 Å². The van der Waals surface area contributed by atoms with Crippen LogP contribution >= 0.6 is 0 Å². The van der Waals surface area contributed by atoms with E-state index in [0.717, 1.165) is 18.3 Å². The van der Waals surface area contributed by atoms with Crippen molar-refractivity contribution in [3.63, 3.8) is 0 Å². The van der Waals surface area contributed by atoms with Crippen LogP contribution in [0.1, 0.15) is 15.9 Å². The van der Waals surface area contributed by atoms with Gasteiger partial charge in [0, 0.05) is 36.6 Å². The maximum absolute atomic E-state index is 15.1. The lowest BCUT2D eigenvalue weighted by Crippen LogP contribution is -2.16. The van der Waals surface area contributed by atoms with Crippen LogP contribution in [0.5, 0.6) is 0 Å². The fourth-order valence-electron chi connectivity index (χ4n) is 2.96. The van der Waals surface area contributed by atoms with Gasteiger partial charge in [0.05, 0.1) is 24.0 Å². The lowest BCUT2D eigenvalue weighted by Gasteiger charge is -2.11. The van der Waals surface area contributed by atoms with Gasteiger partial charge in [-0.1, -0.05) is 0 Å². The monoisotopic (exact) mass is 442 g/mol. The number of nitrogens with zero attached hydrogens (tertiary/aromatic N) is 4. The summed E-state index contributed by atoms with van der Waals surface area (Å²) in [5, 5.41) is 3.95. The number of aromatic amines is 1. The molecule has 4 rings (SSSR count). The van der Waals surface area contributed by atoms with Crippen LogP contribution in [0, 0.1) is 18.2 Å². The number of halogens is 2. The summed E-state index contributed by atoms with van der Waals surface area (Å²) in [5.41, 5.74) is -1.27. The van der Waals surface area contributed by atoms with Gasteiger partial charge in [-0.25, -0.2) is 22.0 Å². The molecule has 0 fully saturated rings. The number of sulfonamides is 1. The molecule has 9 nitrogen and oxygen atoms in total. The number of anilines is 1. The maximum atomic E-state index is 15.1. The third kappa shape index (κ3) is 3.51. The molecule has 1 aromatic carbocycles. The van der Waals surface area contributed by atoms with Gasteiger partial charge in [0.2, 0.25) is 11.5 Å². The molecule has 156 valence electrons. The van der Waals surface area contributed by atoms with E-state index in [4.69, 9.17) is 6.57 Å². The summed E-state index contributed by atoms with van der Waals surface area (Å²) in [6.07, 6.45) is 4.77. The summed E-state index contributed by atoms with van der Waals surface area (Å²) < 4.78 is 57.7. The Labute approximate surface area is 174 Å². The third-order valence-corrected chi connectivity index (χ3v) is 5.76. The summed E-state index contributed by atoms with van der Waals surface area (Å²) in [5.74, 6) is -3.58. The van der Waals surface area contributed by atoms with E-state index >= 15 is 4.39 Å². The fourth-order valence-corrected chi connectivity index (χ4v) is 4.00. The number of hydrogen-bond donors (Lipinski definition) is 2. The topological polar surface area (TPSA) is 114 Å². The van der Waals surface area contributed by atoms with Crippen molar-refractivity contribution in [2.24, 2.45) is 7.05 Å². The molecule has 3 heterocycles. The average molecular weight is 442 g/mol. The number of H-pyrrole nitrogens is 1. The highest BCUT2D eigenvalue weighted by atomic mass is 32.2. The van der Waals surface area contributed by atoms with Crippen LogP contribution in [0.4, 0.5) is 20.2 Å². The summed E-state index contributed by atoms with van der Waals surface area (Å²) >= 11 is 0. The Hall–Kier alpha value is -4.11. The summed E-state index contributed by atoms with van der Waals surface area (Å²) in [6, 6.07) is 3.03. The number of rotatable bonds is 5. The summed E-state index contributed by atoms with van der Waals surface area (Å²) in [7, 11) is -2.72. The van der Waals surface area contributed by atoms with E-state index in [2.05, 4.69) is 19.9 Å². The van der Waals surface area contributed by atoms with Crippen LogP contribution in [0.3, 0.4) is 0 Å². The maximum Gasteiger partial charge on any atom is 0.265 e. The Balaban J connectivity index is 1.78. The molecule has 0 unspecified atom stereocenters. The predicted octanol–water partition coefficient (Wildman–Crippen LogP) is 3.16. The molecule has 31 heavy (non-hydrogen) atoms. The molecule has 0 saturated carbocycles. The molecule has 0 amide bonds. The van der Waals surface area contributed by atoms with Crippen LogP contribution in [-0.2, 0) is 17.1 Å². The molecule has 0 radical (unpaired) electrons. The van der Waals surface area contributed by atoms with E-state index in [-0.39, 0.29) is 27.2 Å². The lowest BCUT2D eigenvalue weighted by atomic mass is 10.0. The van der Waals surface area contributed by atoms with Crippen LogP contribution in [0.25, 0.3) is 15.9 Å². The highest BCUT2D eigenvalue weighted by molar-refractivity contribution is 7.92. The molecule has 0 spiro atoms. The zero-order valence-corrected chi connectivity index (χ0v) is 16.5. The Bertz CT molecular complexity index is 1500. The molecule has 2 N–H and O–H groups in total. The number of aromatic nitrogens is 4. The number of carbonyl (C=O) groups is 1. The minimum atomic E-state index is -4.22. The number of carbonyl (C=O) groups excluding carboxylic acids is 1. The quantitative estimate of drug-likeness (QED) is 0.364. The van der Waals surface area contributed by atoms with Crippen molar-refractivity contribution in [1.29, 1.82) is 0 Å². The van der Waals surface area contributed by atoms with Crippen molar-refractivity contribution in [2.75, 3.05) is 4.72 Å². The minimum absolute atomic E-state index is 0.113. The first kappa shape index (κ1) is 20.2. The standard InChI is InChI=1S/C19H12F2N6O3S/c1-22-10-5-12-13(8-24-19(12)23-6-10)18(28)16-14(20)3-4-15(17(16)21)26-31(29,30)11-7-25-27(2)9-11/h3-9,26H,2H3,(H,23,24). The SMILES string of the molecule is [C-]#[N+]c1cnc2[nH]cc(C(=O)c3c(F)ccc(NS(=O)(=O)c4cnn(C)c4)c3F)c2c1. The first-order chi connectivity index (χ1) is 14.7. The van der Waals surface area contributed by atoms with Gasteiger partial charge in [-0.15, -0.1) is 0 Å². The van der Waals surface area contributed by atoms with Crippen LogP contribution in [0.15, 0.2) is 47.9 Å². The second kappa shape index (κ2) is 7.29. The van der Waals surface area contributed by atoms with Gasteiger partial charge in [-0.05, 0) is 18.2 Å². The van der Waals surface area contributed by atoms with E-state index in [9.17, 15) is 17.6 Å². The summed E-state index contributed by atoms with van der Waals surface area (Å²) in [4.78, 5) is 22.6. The zero-order chi connectivity index (χ0) is 22.3. The lowest BCUT2D eigenvalue weighted by molar-refractivity contribution is 0.103. The minimum Gasteiger partial charge on any atom is -0.345 e. The number of pyridine rings is 1. The molecule has 0 aliphatic heterocycles. The first-order valence-corrected chi connectivity index (χ1v) is 10.1. The van der Waals surface area contributed by atoms with Gasteiger partial charge in [-0.3, -0.25) is 19.2 Å². The van der Waals surface area contributed by atoms with E-state index < -0.39 is 38.7 Å². The molecule has 0 aliphatic carbocycles. The van der Waals surface area contributed by atoms with E-state index in [1.807, 2.05) is 4.72 Å². The first-order valence-electron chi connectivity index (χ1n) is 8.60. The normalized spacial score (nSPS) is 11.4. The molecule has 0 saturated heterocycles. The Kier molecular flexibility index (Phi) is 4.75. The summed E-state index contributed by atoms with van der Waals surface area (Å²) in [6.45, 7) is 7.07. The van der Waals surface area contributed by atoms with Crippen molar-refractivity contribution in [1.82, 2.24) is 19.7 Å². The zero-order valence-electron chi connectivity index (χ0n) is 15.7. The Morgan fingerprint density at radius 1 is 1.29 bits per heavy atom. The van der Waals surface area contributed by atoms with Crippen molar-refractivity contribution in [3.05, 3.63) is 77.2 Å². The highest BCUT2D eigenvalue weighted by Crippen LogP contribution is 2.29. The van der Waals surface area contributed by atoms with Crippen LogP contribution in [0.2, 0.25) is 0 Å². The third-order valence-electron chi connectivity index (χ3n) is 4.44. The molecule has 0 aliphatic rings. The van der Waals surface area contributed by atoms with Crippen molar-refractivity contribution >= 4 is 38.2 Å². The number of aryl methyl sites for hydroxylation is 1. The average Bonchev–Trinajstić information content (AvgIpc) is 3.36. The Morgan fingerprint density at radius 2 is 2.06 bits per heavy atom. The van der Waals surface area contributed by atoms with Crippen LogP contribution in [-0.4, -0.2) is 33.9 Å². The smallest absolute Gasteiger partial charge is 0.265 e.